The second-order valence-corrected chi connectivity index (χ2v) is 9.89. The van der Waals surface area contributed by atoms with Crippen LogP contribution < -0.4 is 5.32 Å². The summed E-state index contributed by atoms with van der Waals surface area (Å²) in [4.78, 5) is 24.5. The third-order valence-corrected chi connectivity index (χ3v) is 7.31. The minimum absolute atomic E-state index is 0.0480. The molecule has 1 saturated heterocycles. The molecule has 30 heavy (non-hydrogen) atoms. The number of amides is 1. The maximum absolute atomic E-state index is 12.8. The number of sulfonamides is 1. The number of nitrogens with zero attached hydrogens (tertiary/aromatic N) is 1. The van der Waals surface area contributed by atoms with E-state index < -0.39 is 28.5 Å². The van der Waals surface area contributed by atoms with E-state index in [0.29, 0.717) is 18.8 Å². The van der Waals surface area contributed by atoms with Gasteiger partial charge >= 0.3 is 5.97 Å². The molecular formula is C21H23BrN2O5S. The summed E-state index contributed by atoms with van der Waals surface area (Å²) < 4.78 is 32.8. The van der Waals surface area contributed by atoms with Gasteiger partial charge in [0.25, 0.3) is 5.91 Å². The van der Waals surface area contributed by atoms with Gasteiger partial charge in [0.2, 0.25) is 10.0 Å². The van der Waals surface area contributed by atoms with Crippen molar-refractivity contribution in [1.82, 2.24) is 4.31 Å². The van der Waals surface area contributed by atoms with Crippen molar-refractivity contribution < 1.29 is 22.7 Å². The van der Waals surface area contributed by atoms with Gasteiger partial charge < -0.3 is 10.1 Å². The lowest BCUT2D eigenvalue weighted by Gasteiger charge is -2.25. The monoisotopic (exact) mass is 494 g/mol. The van der Waals surface area contributed by atoms with Gasteiger partial charge in [-0.2, -0.15) is 4.31 Å². The fourth-order valence-electron chi connectivity index (χ4n) is 3.16. The number of piperidine rings is 1. The van der Waals surface area contributed by atoms with Crippen LogP contribution in [0.25, 0.3) is 0 Å². The van der Waals surface area contributed by atoms with Gasteiger partial charge in [0, 0.05) is 17.6 Å². The number of rotatable bonds is 6. The zero-order valence-corrected chi connectivity index (χ0v) is 19.0. The highest BCUT2D eigenvalue weighted by atomic mass is 79.9. The van der Waals surface area contributed by atoms with Crippen molar-refractivity contribution in [3.8, 4) is 0 Å². The van der Waals surface area contributed by atoms with Gasteiger partial charge in [0.15, 0.2) is 6.61 Å². The summed E-state index contributed by atoms with van der Waals surface area (Å²) in [5, 5.41) is 2.66. The zero-order valence-electron chi connectivity index (χ0n) is 16.6. The van der Waals surface area contributed by atoms with Gasteiger partial charge in [-0.05, 0) is 71.6 Å². The van der Waals surface area contributed by atoms with Crippen LogP contribution in [-0.2, 0) is 19.6 Å². The molecule has 0 radical (unpaired) electrons. The lowest BCUT2D eigenvalue weighted by Crippen LogP contribution is -2.35. The molecule has 9 heteroatoms. The Morgan fingerprint density at radius 1 is 1.10 bits per heavy atom. The molecule has 7 nitrogen and oxygen atoms in total. The van der Waals surface area contributed by atoms with Crippen molar-refractivity contribution in [3.05, 3.63) is 58.1 Å². The minimum Gasteiger partial charge on any atom is -0.452 e. The molecule has 0 unspecified atom stereocenters. The SMILES string of the molecule is Cc1ccc(NC(=O)COC(=O)c2cccc(S(=O)(=O)N3CCCCC3)c2)c(Br)c1. The Labute approximate surface area is 184 Å². The van der Waals surface area contributed by atoms with Gasteiger partial charge in [-0.3, -0.25) is 4.79 Å². The number of nitrogens with one attached hydrogen (secondary N) is 1. The van der Waals surface area contributed by atoms with Crippen LogP contribution in [-0.4, -0.2) is 44.3 Å². The van der Waals surface area contributed by atoms with Gasteiger partial charge in [-0.25, -0.2) is 13.2 Å². The molecule has 1 N–H and O–H groups in total. The minimum atomic E-state index is -3.66. The number of halogens is 1. The number of anilines is 1. The molecule has 0 atom stereocenters. The van der Waals surface area contributed by atoms with Crippen LogP contribution >= 0.6 is 15.9 Å². The van der Waals surface area contributed by atoms with Crippen molar-refractivity contribution in [1.29, 1.82) is 0 Å². The lowest BCUT2D eigenvalue weighted by atomic mass is 10.2. The fraction of sp³-hybridized carbons (Fsp3) is 0.333. The molecule has 1 amide bonds. The van der Waals surface area contributed by atoms with E-state index in [1.807, 2.05) is 19.1 Å². The summed E-state index contributed by atoms with van der Waals surface area (Å²) in [6.07, 6.45) is 2.67. The van der Waals surface area contributed by atoms with Crippen molar-refractivity contribution in [2.24, 2.45) is 0 Å². The van der Waals surface area contributed by atoms with Crippen molar-refractivity contribution in [3.63, 3.8) is 0 Å². The van der Waals surface area contributed by atoms with E-state index in [4.69, 9.17) is 4.74 Å². The number of benzene rings is 2. The van der Waals surface area contributed by atoms with E-state index >= 15 is 0 Å². The maximum Gasteiger partial charge on any atom is 0.338 e. The third-order valence-electron chi connectivity index (χ3n) is 4.76. The molecule has 0 saturated carbocycles. The molecule has 0 spiro atoms. The first kappa shape index (κ1) is 22.5. The number of hydrogen-bond donors (Lipinski definition) is 1. The number of carbonyl (C=O) groups is 2. The number of ether oxygens (including phenoxy) is 1. The van der Waals surface area contributed by atoms with Crippen molar-refractivity contribution in [2.45, 2.75) is 31.1 Å². The largest absolute Gasteiger partial charge is 0.452 e. The van der Waals surface area contributed by atoms with E-state index in [0.717, 1.165) is 29.3 Å². The molecule has 0 aliphatic carbocycles. The average Bonchev–Trinajstić information content (AvgIpc) is 2.74. The van der Waals surface area contributed by atoms with E-state index in [1.165, 1.54) is 28.6 Å². The standard InChI is InChI=1S/C21H23BrN2O5S/c1-15-8-9-19(18(22)12-15)23-20(25)14-29-21(26)16-6-5-7-17(13-16)30(27,28)24-10-3-2-4-11-24/h5-9,12-13H,2-4,10-11,14H2,1H3,(H,23,25). The van der Waals surface area contributed by atoms with Crippen LogP contribution in [0.3, 0.4) is 0 Å². The first-order valence-electron chi connectivity index (χ1n) is 9.61. The number of esters is 1. The molecule has 2 aromatic rings. The van der Waals surface area contributed by atoms with Crippen LogP contribution in [0.2, 0.25) is 0 Å². The summed E-state index contributed by atoms with van der Waals surface area (Å²) >= 11 is 3.37. The summed E-state index contributed by atoms with van der Waals surface area (Å²) in [7, 11) is -3.66. The van der Waals surface area contributed by atoms with Gasteiger partial charge in [0.05, 0.1) is 16.1 Å². The molecule has 1 fully saturated rings. The topological polar surface area (TPSA) is 92.8 Å². The highest BCUT2D eigenvalue weighted by Gasteiger charge is 2.26. The molecule has 160 valence electrons. The second-order valence-electron chi connectivity index (χ2n) is 7.10. The van der Waals surface area contributed by atoms with E-state index in [-0.39, 0.29) is 10.5 Å². The van der Waals surface area contributed by atoms with Crippen LogP contribution in [0.1, 0.15) is 35.2 Å². The Morgan fingerprint density at radius 3 is 2.53 bits per heavy atom. The van der Waals surface area contributed by atoms with E-state index in [1.54, 1.807) is 6.07 Å². The summed E-state index contributed by atoms with van der Waals surface area (Å²) in [5.41, 5.74) is 1.68. The fourth-order valence-corrected chi connectivity index (χ4v) is 5.32. The first-order chi connectivity index (χ1) is 14.3. The molecule has 1 aliphatic rings. The summed E-state index contributed by atoms with van der Waals surface area (Å²) in [6, 6.07) is 11.2. The first-order valence-corrected chi connectivity index (χ1v) is 11.8. The summed E-state index contributed by atoms with van der Waals surface area (Å²) in [6.45, 7) is 2.40. The predicted molar refractivity (Wildman–Crippen MR) is 117 cm³/mol. The molecule has 1 aliphatic heterocycles. The lowest BCUT2D eigenvalue weighted by molar-refractivity contribution is -0.119. The van der Waals surface area contributed by atoms with Crippen molar-refractivity contribution >= 4 is 43.5 Å². The molecule has 0 bridgehead atoms. The van der Waals surface area contributed by atoms with Crippen LogP contribution in [0.5, 0.6) is 0 Å². The Bertz CT molecular complexity index is 1050. The second kappa shape index (κ2) is 9.72. The Balaban J connectivity index is 1.63. The highest BCUT2D eigenvalue weighted by molar-refractivity contribution is 9.10. The zero-order chi connectivity index (χ0) is 21.7. The normalized spacial score (nSPS) is 14.9. The van der Waals surface area contributed by atoms with E-state index in [2.05, 4.69) is 21.2 Å². The molecule has 3 rings (SSSR count). The Morgan fingerprint density at radius 2 is 1.83 bits per heavy atom. The number of hydrogen-bond acceptors (Lipinski definition) is 5. The van der Waals surface area contributed by atoms with Crippen molar-refractivity contribution in [2.75, 3.05) is 25.0 Å². The molecular weight excluding hydrogens is 472 g/mol. The predicted octanol–water partition coefficient (Wildman–Crippen LogP) is 3.73. The quantitative estimate of drug-likeness (QED) is 0.617. The average molecular weight is 495 g/mol. The summed E-state index contributed by atoms with van der Waals surface area (Å²) in [5.74, 6) is -1.26. The molecule has 0 aromatic heterocycles. The maximum atomic E-state index is 12.8. The van der Waals surface area contributed by atoms with Gasteiger partial charge in [-0.15, -0.1) is 0 Å². The Kier molecular flexibility index (Phi) is 7.27. The molecule has 2 aromatic carbocycles. The van der Waals surface area contributed by atoms with Crippen LogP contribution in [0, 0.1) is 6.92 Å². The van der Waals surface area contributed by atoms with Gasteiger partial charge in [-0.1, -0.05) is 18.6 Å². The van der Waals surface area contributed by atoms with Crippen LogP contribution in [0.4, 0.5) is 5.69 Å². The number of carbonyl (C=O) groups excluding carboxylic acids is 2. The molecule has 1 heterocycles. The third kappa shape index (κ3) is 5.47. The van der Waals surface area contributed by atoms with E-state index in [9.17, 15) is 18.0 Å². The van der Waals surface area contributed by atoms with Gasteiger partial charge in [0.1, 0.15) is 0 Å². The Hall–Kier alpha value is -2.23. The smallest absolute Gasteiger partial charge is 0.338 e. The number of aryl methyl sites for hydroxylation is 1. The van der Waals surface area contributed by atoms with Crippen LogP contribution in [0.15, 0.2) is 51.8 Å². The highest BCUT2D eigenvalue weighted by Crippen LogP contribution is 2.24.